The van der Waals surface area contributed by atoms with Gasteiger partial charge in [0.2, 0.25) is 0 Å². The summed E-state index contributed by atoms with van der Waals surface area (Å²) in [6, 6.07) is 14.2. The van der Waals surface area contributed by atoms with Crippen LogP contribution in [-0.4, -0.2) is 26.6 Å². The first-order chi connectivity index (χ1) is 11.2. The van der Waals surface area contributed by atoms with Crippen molar-refractivity contribution < 1.29 is 9.59 Å². The second-order valence-corrected chi connectivity index (χ2v) is 5.25. The number of anilines is 1. The zero-order valence-corrected chi connectivity index (χ0v) is 12.1. The number of carbonyl (C=O) groups is 2. The molecule has 0 radical (unpaired) electrons. The quantitative estimate of drug-likeness (QED) is 0.695. The number of amides is 2. The van der Waals surface area contributed by atoms with Gasteiger partial charge in [-0.15, -0.1) is 0 Å². The lowest BCUT2D eigenvalue weighted by Gasteiger charge is -2.14. The SMILES string of the molecule is O=C1c2ccccc2C(=O)N1c1ccc(Cn2cncn2)cc1. The van der Waals surface area contributed by atoms with Gasteiger partial charge in [-0.05, 0) is 29.8 Å². The predicted octanol–water partition coefficient (Wildman–Crippen LogP) is 2.13. The van der Waals surface area contributed by atoms with Gasteiger partial charge in [0.15, 0.2) is 0 Å². The van der Waals surface area contributed by atoms with Crippen molar-refractivity contribution in [2.24, 2.45) is 0 Å². The molecule has 1 aliphatic rings. The largest absolute Gasteiger partial charge is 0.268 e. The van der Waals surface area contributed by atoms with E-state index < -0.39 is 0 Å². The zero-order chi connectivity index (χ0) is 15.8. The molecule has 23 heavy (non-hydrogen) atoms. The smallest absolute Gasteiger partial charge is 0.266 e. The molecule has 6 heteroatoms. The molecule has 112 valence electrons. The summed E-state index contributed by atoms with van der Waals surface area (Å²) in [5.41, 5.74) is 2.47. The predicted molar refractivity (Wildman–Crippen MR) is 83.1 cm³/mol. The van der Waals surface area contributed by atoms with E-state index in [2.05, 4.69) is 10.1 Å². The zero-order valence-electron chi connectivity index (χ0n) is 12.1. The van der Waals surface area contributed by atoms with Crippen molar-refractivity contribution in [3.8, 4) is 0 Å². The van der Waals surface area contributed by atoms with Crippen molar-refractivity contribution in [1.29, 1.82) is 0 Å². The van der Waals surface area contributed by atoms with Crippen LogP contribution in [0.1, 0.15) is 26.3 Å². The number of imide groups is 1. The fraction of sp³-hybridized carbons (Fsp3) is 0.0588. The van der Waals surface area contributed by atoms with Crippen LogP contribution in [0.3, 0.4) is 0 Å². The van der Waals surface area contributed by atoms with Crippen molar-refractivity contribution in [3.05, 3.63) is 77.9 Å². The monoisotopic (exact) mass is 304 g/mol. The number of hydrogen-bond donors (Lipinski definition) is 0. The highest BCUT2D eigenvalue weighted by atomic mass is 16.2. The van der Waals surface area contributed by atoms with Crippen LogP contribution >= 0.6 is 0 Å². The molecule has 0 aliphatic carbocycles. The maximum absolute atomic E-state index is 12.4. The number of hydrogen-bond acceptors (Lipinski definition) is 4. The van der Waals surface area contributed by atoms with Gasteiger partial charge in [-0.25, -0.2) is 14.6 Å². The van der Waals surface area contributed by atoms with Gasteiger partial charge in [0.05, 0.1) is 23.4 Å². The lowest BCUT2D eigenvalue weighted by molar-refractivity contribution is 0.0926. The Balaban J connectivity index is 1.62. The van der Waals surface area contributed by atoms with Crippen molar-refractivity contribution in [3.63, 3.8) is 0 Å². The average Bonchev–Trinajstić information content (AvgIpc) is 3.17. The molecule has 0 spiro atoms. The van der Waals surface area contributed by atoms with Gasteiger partial charge >= 0.3 is 0 Å². The first kappa shape index (κ1) is 13.4. The maximum Gasteiger partial charge on any atom is 0.266 e. The number of fused-ring (bicyclic) bond motifs is 1. The highest BCUT2D eigenvalue weighted by molar-refractivity contribution is 6.34. The molecular formula is C17H12N4O2. The molecule has 1 aromatic heterocycles. The Morgan fingerprint density at radius 2 is 1.52 bits per heavy atom. The van der Waals surface area contributed by atoms with Crippen molar-refractivity contribution >= 4 is 17.5 Å². The highest BCUT2D eigenvalue weighted by Crippen LogP contribution is 2.28. The van der Waals surface area contributed by atoms with Crippen LogP contribution in [0.5, 0.6) is 0 Å². The van der Waals surface area contributed by atoms with Crippen molar-refractivity contribution in [1.82, 2.24) is 14.8 Å². The Kier molecular flexibility index (Phi) is 3.01. The summed E-state index contributed by atoms with van der Waals surface area (Å²) in [5.74, 6) is -0.566. The lowest BCUT2D eigenvalue weighted by atomic mass is 10.1. The fourth-order valence-corrected chi connectivity index (χ4v) is 2.68. The fourth-order valence-electron chi connectivity index (χ4n) is 2.68. The first-order valence-corrected chi connectivity index (χ1v) is 7.13. The minimum atomic E-state index is -0.283. The summed E-state index contributed by atoms with van der Waals surface area (Å²) in [6.45, 7) is 0.586. The van der Waals surface area contributed by atoms with Crippen LogP contribution in [-0.2, 0) is 6.54 Å². The third-order valence-electron chi connectivity index (χ3n) is 3.80. The molecule has 0 N–H and O–H groups in total. The summed E-state index contributed by atoms with van der Waals surface area (Å²) in [4.78, 5) is 30.0. The lowest BCUT2D eigenvalue weighted by Crippen LogP contribution is -2.29. The van der Waals surface area contributed by atoms with Crippen LogP contribution in [0.25, 0.3) is 0 Å². The molecule has 3 aromatic rings. The summed E-state index contributed by atoms with van der Waals surface area (Å²) in [6.07, 6.45) is 3.12. The highest BCUT2D eigenvalue weighted by Gasteiger charge is 2.36. The Labute approximate surface area is 132 Å². The van der Waals surface area contributed by atoms with Gasteiger partial charge in [0.25, 0.3) is 11.8 Å². The number of carbonyl (C=O) groups excluding carboxylic acids is 2. The summed E-state index contributed by atoms with van der Waals surface area (Å²) >= 11 is 0. The van der Waals surface area contributed by atoms with Crippen LogP contribution in [0.2, 0.25) is 0 Å². The molecule has 2 heterocycles. The van der Waals surface area contributed by atoms with Gasteiger partial charge in [0.1, 0.15) is 12.7 Å². The van der Waals surface area contributed by atoms with E-state index in [1.165, 1.54) is 11.2 Å². The topological polar surface area (TPSA) is 68.1 Å². The summed E-state index contributed by atoms with van der Waals surface area (Å²) < 4.78 is 1.71. The van der Waals surface area contributed by atoms with E-state index in [-0.39, 0.29) is 11.8 Å². The Hall–Kier alpha value is -3.28. The van der Waals surface area contributed by atoms with E-state index in [4.69, 9.17) is 0 Å². The maximum atomic E-state index is 12.4. The van der Waals surface area contributed by atoms with E-state index >= 15 is 0 Å². The van der Waals surface area contributed by atoms with Gasteiger partial charge in [-0.1, -0.05) is 24.3 Å². The molecule has 1 aliphatic heterocycles. The average molecular weight is 304 g/mol. The van der Waals surface area contributed by atoms with Crippen LogP contribution < -0.4 is 4.90 Å². The molecule has 0 unspecified atom stereocenters. The third kappa shape index (κ3) is 2.20. The Morgan fingerprint density at radius 1 is 0.870 bits per heavy atom. The van der Waals surface area contributed by atoms with Crippen LogP contribution in [0.4, 0.5) is 5.69 Å². The van der Waals surface area contributed by atoms with Gasteiger partial charge < -0.3 is 0 Å². The molecule has 0 atom stereocenters. The third-order valence-corrected chi connectivity index (χ3v) is 3.80. The normalized spacial score (nSPS) is 13.5. The van der Waals surface area contributed by atoms with E-state index in [0.29, 0.717) is 23.4 Å². The minimum absolute atomic E-state index is 0.283. The van der Waals surface area contributed by atoms with Crippen LogP contribution in [0.15, 0.2) is 61.2 Å². The first-order valence-electron chi connectivity index (χ1n) is 7.13. The van der Waals surface area contributed by atoms with Gasteiger partial charge in [-0.3, -0.25) is 9.59 Å². The Bertz CT molecular complexity index is 850. The van der Waals surface area contributed by atoms with Gasteiger partial charge in [-0.2, -0.15) is 5.10 Å². The number of rotatable bonds is 3. The molecule has 0 saturated heterocycles. The van der Waals surface area contributed by atoms with Gasteiger partial charge in [0, 0.05) is 0 Å². The molecule has 4 rings (SSSR count). The molecule has 0 fully saturated rings. The second-order valence-electron chi connectivity index (χ2n) is 5.25. The summed E-state index contributed by atoms with van der Waals surface area (Å²) in [5, 5.41) is 4.05. The van der Waals surface area contributed by atoms with E-state index in [9.17, 15) is 9.59 Å². The van der Waals surface area contributed by atoms with Crippen molar-refractivity contribution in [2.75, 3.05) is 4.90 Å². The molecule has 2 aromatic carbocycles. The second kappa shape index (κ2) is 5.17. The van der Waals surface area contributed by atoms with E-state index in [1.807, 2.05) is 12.1 Å². The van der Waals surface area contributed by atoms with E-state index in [1.54, 1.807) is 47.4 Å². The molecule has 2 amide bonds. The minimum Gasteiger partial charge on any atom is -0.268 e. The molecule has 0 saturated carbocycles. The number of benzene rings is 2. The molecule has 0 bridgehead atoms. The van der Waals surface area contributed by atoms with Crippen LogP contribution in [0, 0.1) is 0 Å². The van der Waals surface area contributed by atoms with Crippen molar-refractivity contribution in [2.45, 2.75) is 6.54 Å². The Morgan fingerprint density at radius 3 is 2.09 bits per heavy atom. The number of aromatic nitrogens is 3. The molecule has 6 nitrogen and oxygen atoms in total. The summed E-state index contributed by atoms with van der Waals surface area (Å²) in [7, 11) is 0. The van der Waals surface area contributed by atoms with E-state index in [0.717, 1.165) is 5.56 Å². The standard InChI is InChI=1S/C17H12N4O2/c22-16-14-3-1-2-4-15(14)17(23)21(16)13-7-5-12(6-8-13)9-20-11-18-10-19-20/h1-8,10-11H,9H2. The molecular weight excluding hydrogens is 292 g/mol. The number of nitrogens with zero attached hydrogens (tertiary/aromatic N) is 4.